The van der Waals surface area contributed by atoms with E-state index in [1.165, 1.54) is 4.88 Å². The second-order valence-electron chi connectivity index (χ2n) is 3.98. The molecule has 0 saturated heterocycles. The summed E-state index contributed by atoms with van der Waals surface area (Å²) >= 11 is 3.33. The second kappa shape index (κ2) is 4.55. The van der Waals surface area contributed by atoms with Gasteiger partial charge in [-0.15, -0.1) is 22.7 Å². The third-order valence-corrected chi connectivity index (χ3v) is 4.32. The van der Waals surface area contributed by atoms with E-state index in [-0.39, 0.29) is 0 Å². The fraction of sp³-hybridized carbons (Fsp3) is 0.167. The number of rotatable bonds is 3. The normalized spacial score (nSPS) is 10.9. The summed E-state index contributed by atoms with van der Waals surface area (Å²) in [5.74, 6) is 1.23. The Bertz CT molecular complexity index is 660. The number of nitrogen functional groups attached to an aromatic ring is 1. The van der Waals surface area contributed by atoms with E-state index in [0.29, 0.717) is 5.95 Å². The van der Waals surface area contributed by atoms with Crippen molar-refractivity contribution >= 4 is 44.7 Å². The van der Waals surface area contributed by atoms with Crippen LogP contribution in [-0.2, 0) is 6.54 Å². The van der Waals surface area contributed by atoms with E-state index < -0.39 is 0 Å². The average molecular weight is 276 g/mol. The Morgan fingerprint density at radius 1 is 1.22 bits per heavy atom. The van der Waals surface area contributed by atoms with Gasteiger partial charge in [-0.25, -0.2) is 4.98 Å². The van der Waals surface area contributed by atoms with Crippen molar-refractivity contribution in [3.8, 4) is 0 Å². The molecule has 0 bridgehead atoms. The number of anilines is 2. The Balaban J connectivity index is 2.00. The molecule has 2 N–H and O–H groups in total. The van der Waals surface area contributed by atoms with Crippen LogP contribution in [-0.4, -0.2) is 17.0 Å². The molecule has 0 aliphatic heterocycles. The molecule has 0 spiro atoms. The molecule has 18 heavy (non-hydrogen) atoms. The summed E-state index contributed by atoms with van der Waals surface area (Å²) in [7, 11) is 2.03. The fourth-order valence-electron chi connectivity index (χ4n) is 1.86. The molecule has 3 aromatic rings. The van der Waals surface area contributed by atoms with Gasteiger partial charge in [-0.2, -0.15) is 4.98 Å². The zero-order chi connectivity index (χ0) is 12.5. The Hall–Kier alpha value is -1.66. The highest BCUT2D eigenvalue weighted by Crippen LogP contribution is 2.28. The lowest BCUT2D eigenvalue weighted by Gasteiger charge is -2.18. The Labute approximate surface area is 113 Å². The first-order valence-electron chi connectivity index (χ1n) is 5.48. The molecule has 4 nitrogen and oxygen atoms in total. The molecule has 0 aliphatic carbocycles. The van der Waals surface area contributed by atoms with Crippen molar-refractivity contribution in [2.75, 3.05) is 17.7 Å². The Kier molecular flexibility index (Phi) is 2.89. The predicted molar refractivity (Wildman–Crippen MR) is 78.3 cm³/mol. The van der Waals surface area contributed by atoms with Gasteiger partial charge in [0.25, 0.3) is 0 Å². The summed E-state index contributed by atoms with van der Waals surface area (Å²) in [4.78, 5) is 12.9. The van der Waals surface area contributed by atoms with Crippen LogP contribution in [0.1, 0.15) is 4.88 Å². The third kappa shape index (κ3) is 2.04. The molecule has 0 amide bonds. The standard InChI is InChI=1S/C12H12N4S2/c1-16(7-8-3-2-5-17-8)10-9-4-6-18-11(9)15-12(13)14-10/h2-6H,7H2,1H3,(H2,13,14,15). The van der Waals surface area contributed by atoms with Gasteiger partial charge < -0.3 is 10.6 Å². The molecule has 3 heterocycles. The molecule has 3 rings (SSSR count). The van der Waals surface area contributed by atoms with E-state index in [1.807, 2.05) is 18.5 Å². The topological polar surface area (TPSA) is 55.0 Å². The molecular formula is C12H12N4S2. The van der Waals surface area contributed by atoms with Gasteiger partial charge >= 0.3 is 0 Å². The van der Waals surface area contributed by atoms with Crippen molar-refractivity contribution in [3.05, 3.63) is 33.8 Å². The van der Waals surface area contributed by atoms with Crippen molar-refractivity contribution in [2.45, 2.75) is 6.54 Å². The quantitative estimate of drug-likeness (QED) is 0.799. The maximum atomic E-state index is 5.76. The van der Waals surface area contributed by atoms with E-state index in [1.54, 1.807) is 22.7 Å². The van der Waals surface area contributed by atoms with Crippen LogP contribution in [0, 0.1) is 0 Å². The predicted octanol–water partition coefficient (Wildman–Crippen LogP) is 2.97. The van der Waals surface area contributed by atoms with E-state index in [4.69, 9.17) is 5.73 Å². The minimum absolute atomic E-state index is 0.331. The molecule has 0 fully saturated rings. The largest absolute Gasteiger partial charge is 0.368 e. The maximum absolute atomic E-state index is 5.76. The minimum atomic E-state index is 0.331. The van der Waals surface area contributed by atoms with Gasteiger partial charge in [0.05, 0.1) is 11.9 Å². The number of nitrogens with two attached hydrogens (primary N) is 1. The number of aromatic nitrogens is 2. The average Bonchev–Trinajstić information content (AvgIpc) is 2.97. The highest BCUT2D eigenvalue weighted by molar-refractivity contribution is 7.16. The molecule has 3 aromatic heterocycles. The van der Waals surface area contributed by atoms with Crippen molar-refractivity contribution in [1.29, 1.82) is 0 Å². The number of hydrogen-bond acceptors (Lipinski definition) is 6. The lowest BCUT2D eigenvalue weighted by Crippen LogP contribution is -2.18. The summed E-state index contributed by atoms with van der Waals surface area (Å²) in [6.07, 6.45) is 0. The second-order valence-corrected chi connectivity index (χ2v) is 5.91. The van der Waals surface area contributed by atoms with Crippen LogP contribution in [0.2, 0.25) is 0 Å². The van der Waals surface area contributed by atoms with Gasteiger partial charge in [-0.05, 0) is 22.9 Å². The molecule has 0 radical (unpaired) electrons. The van der Waals surface area contributed by atoms with Crippen LogP contribution < -0.4 is 10.6 Å². The molecular weight excluding hydrogens is 264 g/mol. The first kappa shape index (κ1) is 11.4. The number of thiophene rings is 2. The molecule has 0 unspecified atom stereocenters. The van der Waals surface area contributed by atoms with Gasteiger partial charge in [0.1, 0.15) is 10.6 Å². The SMILES string of the molecule is CN(Cc1cccs1)c1nc(N)nc2sccc12. The number of hydrogen-bond donors (Lipinski definition) is 1. The number of fused-ring (bicyclic) bond motifs is 1. The van der Waals surface area contributed by atoms with Crippen LogP contribution >= 0.6 is 22.7 Å². The van der Waals surface area contributed by atoms with Gasteiger partial charge in [0, 0.05) is 11.9 Å². The maximum Gasteiger partial charge on any atom is 0.223 e. The Morgan fingerprint density at radius 3 is 2.89 bits per heavy atom. The number of nitrogens with zero attached hydrogens (tertiary/aromatic N) is 3. The summed E-state index contributed by atoms with van der Waals surface area (Å²) in [6, 6.07) is 6.22. The fourth-order valence-corrected chi connectivity index (χ4v) is 3.38. The van der Waals surface area contributed by atoms with E-state index >= 15 is 0 Å². The summed E-state index contributed by atoms with van der Waals surface area (Å²) in [5, 5.41) is 5.16. The smallest absolute Gasteiger partial charge is 0.223 e. The molecule has 0 aliphatic rings. The van der Waals surface area contributed by atoms with Gasteiger partial charge in [0.2, 0.25) is 5.95 Å². The van der Waals surface area contributed by atoms with Gasteiger partial charge in [-0.3, -0.25) is 0 Å². The highest BCUT2D eigenvalue weighted by Gasteiger charge is 2.12. The van der Waals surface area contributed by atoms with E-state index in [9.17, 15) is 0 Å². The summed E-state index contributed by atoms with van der Waals surface area (Å²) < 4.78 is 0. The van der Waals surface area contributed by atoms with Crippen molar-refractivity contribution in [1.82, 2.24) is 9.97 Å². The third-order valence-electron chi connectivity index (χ3n) is 2.66. The summed E-state index contributed by atoms with van der Waals surface area (Å²) in [5.41, 5.74) is 5.76. The highest BCUT2D eigenvalue weighted by atomic mass is 32.1. The van der Waals surface area contributed by atoms with Crippen molar-refractivity contribution in [3.63, 3.8) is 0 Å². The summed E-state index contributed by atoms with van der Waals surface area (Å²) in [6.45, 7) is 0.832. The Morgan fingerprint density at radius 2 is 2.11 bits per heavy atom. The lowest BCUT2D eigenvalue weighted by molar-refractivity contribution is 0.918. The van der Waals surface area contributed by atoms with Crippen molar-refractivity contribution in [2.24, 2.45) is 0 Å². The van der Waals surface area contributed by atoms with Crippen LogP contribution in [0.15, 0.2) is 29.0 Å². The van der Waals surface area contributed by atoms with Crippen molar-refractivity contribution < 1.29 is 0 Å². The molecule has 0 aromatic carbocycles. The van der Waals surface area contributed by atoms with Crippen LogP contribution in [0.5, 0.6) is 0 Å². The first-order chi connectivity index (χ1) is 8.74. The van der Waals surface area contributed by atoms with E-state index in [0.717, 1.165) is 22.6 Å². The first-order valence-corrected chi connectivity index (χ1v) is 7.24. The lowest BCUT2D eigenvalue weighted by atomic mass is 10.3. The molecule has 0 atom stereocenters. The molecule has 0 saturated carbocycles. The zero-order valence-corrected chi connectivity index (χ0v) is 11.5. The zero-order valence-electron chi connectivity index (χ0n) is 9.83. The monoisotopic (exact) mass is 276 g/mol. The van der Waals surface area contributed by atoms with Crippen LogP contribution in [0.3, 0.4) is 0 Å². The van der Waals surface area contributed by atoms with Crippen LogP contribution in [0.4, 0.5) is 11.8 Å². The van der Waals surface area contributed by atoms with E-state index in [2.05, 4.69) is 32.4 Å². The van der Waals surface area contributed by atoms with Crippen LogP contribution in [0.25, 0.3) is 10.2 Å². The van der Waals surface area contributed by atoms with Gasteiger partial charge in [-0.1, -0.05) is 6.07 Å². The molecule has 6 heteroatoms. The van der Waals surface area contributed by atoms with Gasteiger partial charge in [0.15, 0.2) is 0 Å². The minimum Gasteiger partial charge on any atom is -0.368 e. The molecule has 92 valence electrons.